The molecule has 4 rings (SSSR count). The lowest BCUT2D eigenvalue weighted by Gasteiger charge is -2.24. The number of thiazole rings is 1. The number of aromatic nitrogens is 2. The number of benzene rings is 1. The highest BCUT2D eigenvalue weighted by Crippen LogP contribution is 2.45. The number of fused-ring (bicyclic) bond motifs is 1. The van der Waals surface area contributed by atoms with Crippen LogP contribution in [0.5, 0.6) is 17.4 Å². The van der Waals surface area contributed by atoms with Crippen LogP contribution >= 0.6 is 11.3 Å². The average Bonchev–Trinajstić information content (AvgIpc) is 3.44. The first kappa shape index (κ1) is 24.6. The van der Waals surface area contributed by atoms with Crippen molar-refractivity contribution in [2.45, 2.75) is 39.4 Å². The lowest BCUT2D eigenvalue weighted by molar-refractivity contribution is 0.0839. The summed E-state index contributed by atoms with van der Waals surface area (Å²) in [4.78, 5) is 3.40. The molecule has 1 aromatic carbocycles. The Labute approximate surface area is 205 Å². The molecule has 2 heterocycles. The van der Waals surface area contributed by atoms with Crippen molar-refractivity contribution in [2.24, 2.45) is 5.92 Å². The van der Waals surface area contributed by atoms with E-state index in [0.29, 0.717) is 36.5 Å². The predicted molar refractivity (Wildman–Crippen MR) is 135 cm³/mol. The molecule has 0 saturated heterocycles. The van der Waals surface area contributed by atoms with Crippen molar-refractivity contribution < 1.29 is 23.7 Å². The van der Waals surface area contributed by atoms with Crippen LogP contribution in [-0.4, -0.2) is 63.9 Å². The molecule has 1 aliphatic rings. The van der Waals surface area contributed by atoms with Gasteiger partial charge in [-0.3, -0.25) is 0 Å². The predicted octanol–water partition coefficient (Wildman–Crippen LogP) is 4.88. The summed E-state index contributed by atoms with van der Waals surface area (Å²) >= 11 is 1.64. The molecule has 34 heavy (non-hydrogen) atoms. The maximum atomic E-state index is 5.87. The highest BCUT2D eigenvalue weighted by Gasteiger charge is 2.30. The number of methoxy groups -OCH3 is 4. The SMILES string of the molecule is COCc1cc(OC)c(-c2csc3c(N(CCOC(C)C)CC4CC4)c(OC)nn23)c(OC)c1. The third kappa shape index (κ3) is 5.11. The Morgan fingerprint density at radius 1 is 1.09 bits per heavy atom. The Hall–Kier alpha value is -2.49. The van der Waals surface area contributed by atoms with Gasteiger partial charge >= 0.3 is 0 Å². The molecule has 1 aliphatic carbocycles. The Morgan fingerprint density at radius 3 is 2.35 bits per heavy atom. The van der Waals surface area contributed by atoms with Crippen molar-refractivity contribution in [3.05, 3.63) is 23.1 Å². The largest absolute Gasteiger partial charge is 0.496 e. The van der Waals surface area contributed by atoms with Crippen molar-refractivity contribution in [1.82, 2.24) is 9.61 Å². The first-order valence-corrected chi connectivity index (χ1v) is 12.5. The van der Waals surface area contributed by atoms with Gasteiger partial charge in [0.1, 0.15) is 22.0 Å². The quantitative estimate of drug-likeness (QED) is 0.339. The molecule has 3 aromatic rings. The highest BCUT2D eigenvalue weighted by atomic mass is 32.1. The average molecular weight is 490 g/mol. The lowest BCUT2D eigenvalue weighted by atomic mass is 10.1. The number of ether oxygens (including phenoxy) is 5. The number of anilines is 1. The van der Waals surface area contributed by atoms with Gasteiger partial charge in [-0.15, -0.1) is 16.4 Å². The van der Waals surface area contributed by atoms with E-state index < -0.39 is 0 Å². The summed E-state index contributed by atoms with van der Waals surface area (Å²) in [6.45, 7) is 7.02. The maximum Gasteiger partial charge on any atom is 0.258 e. The lowest BCUT2D eigenvalue weighted by Crippen LogP contribution is -2.30. The molecule has 8 nitrogen and oxygen atoms in total. The number of rotatable bonds is 13. The normalized spacial score (nSPS) is 13.6. The maximum absolute atomic E-state index is 5.87. The zero-order valence-electron chi connectivity index (χ0n) is 20.9. The Bertz CT molecular complexity index is 1080. The third-order valence-electron chi connectivity index (χ3n) is 5.93. The van der Waals surface area contributed by atoms with Crippen LogP contribution < -0.4 is 19.1 Å². The molecule has 0 aliphatic heterocycles. The smallest absolute Gasteiger partial charge is 0.258 e. The van der Waals surface area contributed by atoms with E-state index in [9.17, 15) is 0 Å². The number of hydrogen-bond donors (Lipinski definition) is 0. The van der Waals surface area contributed by atoms with Crippen LogP contribution in [0.1, 0.15) is 32.3 Å². The molecule has 2 aromatic heterocycles. The minimum atomic E-state index is 0.200. The summed E-state index contributed by atoms with van der Waals surface area (Å²) < 4.78 is 30.4. The van der Waals surface area contributed by atoms with E-state index in [1.54, 1.807) is 39.8 Å². The Kier molecular flexibility index (Phi) is 7.85. The monoisotopic (exact) mass is 489 g/mol. The van der Waals surface area contributed by atoms with Gasteiger partial charge in [0.2, 0.25) is 0 Å². The molecule has 0 bridgehead atoms. The van der Waals surface area contributed by atoms with Crippen LogP contribution in [0.4, 0.5) is 5.69 Å². The van der Waals surface area contributed by atoms with E-state index in [2.05, 4.69) is 24.1 Å². The molecule has 0 spiro atoms. The van der Waals surface area contributed by atoms with E-state index in [4.69, 9.17) is 28.8 Å². The fourth-order valence-electron chi connectivity index (χ4n) is 4.15. The fraction of sp³-hybridized carbons (Fsp3) is 0.560. The number of nitrogens with zero attached hydrogens (tertiary/aromatic N) is 3. The van der Waals surface area contributed by atoms with Gasteiger partial charge in [-0.2, -0.15) is 0 Å². The molecule has 0 N–H and O–H groups in total. The fourth-order valence-corrected chi connectivity index (χ4v) is 5.16. The standard InChI is InChI=1S/C25H35N3O5S/c1-16(2)33-10-9-27(13-17-7-8-17)23-24(32-6)26-28-19(15-34-25(23)28)22-20(30-4)11-18(14-29-3)12-21(22)31-5/h11-12,15-17H,7-10,13-14H2,1-6H3. The Morgan fingerprint density at radius 2 is 1.79 bits per heavy atom. The van der Waals surface area contributed by atoms with E-state index in [1.165, 1.54) is 12.8 Å². The third-order valence-corrected chi connectivity index (χ3v) is 6.86. The molecule has 0 radical (unpaired) electrons. The second-order valence-electron chi connectivity index (χ2n) is 8.81. The minimum absolute atomic E-state index is 0.200. The molecule has 1 saturated carbocycles. The highest BCUT2D eigenvalue weighted by molar-refractivity contribution is 7.16. The molecule has 0 unspecified atom stereocenters. The van der Waals surface area contributed by atoms with Crippen molar-refractivity contribution in [3.8, 4) is 28.6 Å². The molecule has 9 heteroatoms. The zero-order valence-corrected chi connectivity index (χ0v) is 21.7. The first-order valence-electron chi connectivity index (χ1n) is 11.7. The van der Waals surface area contributed by atoms with Crippen LogP contribution in [0.3, 0.4) is 0 Å². The Balaban J connectivity index is 1.79. The van der Waals surface area contributed by atoms with Crippen LogP contribution in [0.25, 0.3) is 16.1 Å². The van der Waals surface area contributed by atoms with E-state index >= 15 is 0 Å². The summed E-state index contributed by atoms with van der Waals surface area (Å²) in [5, 5.41) is 6.95. The second-order valence-corrected chi connectivity index (χ2v) is 9.67. The molecule has 186 valence electrons. The summed E-state index contributed by atoms with van der Waals surface area (Å²) in [5.74, 6) is 2.75. The van der Waals surface area contributed by atoms with Crippen LogP contribution in [0.2, 0.25) is 0 Å². The summed E-state index contributed by atoms with van der Waals surface area (Å²) in [7, 11) is 6.68. The molecule has 0 atom stereocenters. The van der Waals surface area contributed by atoms with Crippen molar-refractivity contribution in [3.63, 3.8) is 0 Å². The number of hydrogen-bond acceptors (Lipinski definition) is 8. The van der Waals surface area contributed by atoms with Crippen molar-refractivity contribution >= 4 is 21.9 Å². The molecule has 0 amide bonds. The minimum Gasteiger partial charge on any atom is -0.496 e. The summed E-state index contributed by atoms with van der Waals surface area (Å²) in [5.41, 5.74) is 3.74. The topological polar surface area (TPSA) is 66.7 Å². The van der Waals surface area contributed by atoms with Gasteiger partial charge in [0.15, 0.2) is 0 Å². The van der Waals surface area contributed by atoms with Gasteiger partial charge in [0, 0.05) is 25.6 Å². The van der Waals surface area contributed by atoms with Gasteiger partial charge in [0.25, 0.3) is 5.88 Å². The van der Waals surface area contributed by atoms with Gasteiger partial charge < -0.3 is 28.6 Å². The van der Waals surface area contributed by atoms with Crippen molar-refractivity contribution in [1.29, 1.82) is 0 Å². The van der Waals surface area contributed by atoms with Gasteiger partial charge in [-0.05, 0) is 50.3 Å². The van der Waals surface area contributed by atoms with E-state index in [0.717, 1.165) is 40.4 Å². The van der Waals surface area contributed by atoms with Crippen LogP contribution in [0, 0.1) is 5.92 Å². The zero-order chi connectivity index (χ0) is 24.2. The second kappa shape index (κ2) is 10.8. The molecular formula is C25H35N3O5S. The van der Waals surface area contributed by atoms with Crippen LogP contribution in [0.15, 0.2) is 17.5 Å². The van der Waals surface area contributed by atoms with Gasteiger partial charge in [0.05, 0.1) is 51.9 Å². The first-order chi connectivity index (χ1) is 16.5. The van der Waals surface area contributed by atoms with E-state index in [1.807, 2.05) is 16.6 Å². The summed E-state index contributed by atoms with van der Waals surface area (Å²) in [6.07, 6.45) is 2.74. The van der Waals surface area contributed by atoms with E-state index in [-0.39, 0.29) is 6.10 Å². The van der Waals surface area contributed by atoms with Crippen LogP contribution in [-0.2, 0) is 16.1 Å². The summed E-state index contributed by atoms with van der Waals surface area (Å²) in [6, 6.07) is 3.96. The molecule has 1 fully saturated rings. The van der Waals surface area contributed by atoms with Gasteiger partial charge in [-0.25, -0.2) is 4.52 Å². The van der Waals surface area contributed by atoms with Crippen molar-refractivity contribution in [2.75, 3.05) is 53.0 Å². The molecular weight excluding hydrogens is 454 g/mol. The van der Waals surface area contributed by atoms with Gasteiger partial charge in [-0.1, -0.05) is 0 Å².